The SMILES string of the molecule is C[C@H]1CC2CN(C(=O)/C=C/C(F)(F)c3ccc(F)cc3)CC1N2c1ccc(C#N)cn1. The van der Waals surface area contributed by atoms with Crippen LogP contribution in [0.2, 0.25) is 0 Å². The molecule has 0 N–H and O–H groups in total. The Labute approximate surface area is 178 Å². The second kappa shape index (κ2) is 8.06. The second-order valence-electron chi connectivity index (χ2n) is 8.06. The van der Waals surface area contributed by atoms with Gasteiger partial charge < -0.3 is 9.80 Å². The van der Waals surface area contributed by atoms with Gasteiger partial charge in [0.05, 0.1) is 11.6 Å². The van der Waals surface area contributed by atoms with Crippen molar-refractivity contribution in [3.8, 4) is 6.07 Å². The van der Waals surface area contributed by atoms with Crippen LogP contribution in [0.4, 0.5) is 19.0 Å². The van der Waals surface area contributed by atoms with Crippen molar-refractivity contribution in [2.75, 3.05) is 18.0 Å². The first-order valence-corrected chi connectivity index (χ1v) is 10.0. The Bertz CT molecular complexity index is 1030. The van der Waals surface area contributed by atoms with E-state index < -0.39 is 17.6 Å². The van der Waals surface area contributed by atoms with Gasteiger partial charge in [-0.05, 0) is 54.8 Å². The number of hydrogen-bond acceptors (Lipinski definition) is 4. The molecule has 0 aliphatic carbocycles. The molecular weight excluding hydrogens is 405 g/mol. The molecule has 5 nitrogen and oxygen atoms in total. The Balaban J connectivity index is 1.47. The van der Waals surface area contributed by atoms with Crippen molar-refractivity contribution < 1.29 is 18.0 Å². The third-order valence-electron chi connectivity index (χ3n) is 6.01. The van der Waals surface area contributed by atoms with Crippen molar-refractivity contribution in [1.29, 1.82) is 5.26 Å². The quantitative estimate of drug-likeness (QED) is 0.697. The molecule has 2 saturated heterocycles. The highest BCUT2D eigenvalue weighted by atomic mass is 19.3. The molecule has 1 aromatic carbocycles. The number of likely N-dealkylation sites (tertiary alicyclic amines) is 1. The van der Waals surface area contributed by atoms with Gasteiger partial charge in [-0.15, -0.1) is 0 Å². The molecule has 2 aliphatic rings. The monoisotopic (exact) mass is 426 g/mol. The van der Waals surface area contributed by atoms with Crippen LogP contribution in [0.25, 0.3) is 0 Å². The number of allylic oxidation sites excluding steroid dienone is 1. The van der Waals surface area contributed by atoms with Crippen LogP contribution in [0.15, 0.2) is 54.7 Å². The molecule has 2 unspecified atom stereocenters. The Hall–Kier alpha value is -3.34. The van der Waals surface area contributed by atoms with Gasteiger partial charge in [-0.3, -0.25) is 4.79 Å². The van der Waals surface area contributed by atoms with E-state index in [1.165, 1.54) is 6.20 Å². The fourth-order valence-corrected chi connectivity index (χ4v) is 4.42. The first kappa shape index (κ1) is 20.9. The topological polar surface area (TPSA) is 60.2 Å². The van der Waals surface area contributed by atoms with Crippen LogP contribution in [0.1, 0.15) is 24.5 Å². The fourth-order valence-electron chi connectivity index (χ4n) is 4.42. The van der Waals surface area contributed by atoms with E-state index in [2.05, 4.69) is 16.8 Å². The third-order valence-corrected chi connectivity index (χ3v) is 6.01. The van der Waals surface area contributed by atoms with Gasteiger partial charge in [0.1, 0.15) is 17.7 Å². The Morgan fingerprint density at radius 1 is 1.23 bits per heavy atom. The normalized spacial score (nSPS) is 23.3. The van der Waals surface area contributed by atoms with E-state index >= 15 is 0 Å². The molecule has 2 aromatic rings. The standard InChI is InChI=1S/C23H21F3N4O/c1-15-10-19-13-29(14-20(15)30(19)21-7-2-16(11-27)12-28-21)22(31)8-9-23(25,26)17-3-5-18(24)6-4-17/h2-9,12,15,19-20H,10,13-14H2,1H3/b9-8+/t15-,19?,20?/m0/s1. The zero-order chi connectivity index (χ0) is 22.2. The zero-order valence-electron chi connectivity index (χ0n) is 16.9. The number of benzene rings is 1. The molecule has 31 heavy (non-hydrogen) atoms. The largest absolute Gasteiger partial charge is 0.347 e. The van der Waals surface area contributed by atoms with Crippen LogP contribution in [0, 0.1) is 23.1 Å². The summed E-state index contributed by atoms with van der Waals surface area (Å²) in [4.78, 5) is 20.8. The molecule has 3 heterocycles. The molecule has 4 rings (SSSR count). The van der Waals surface area contributed by atoms with Crippen molar-refractivity contribution in [3.63, 3.8) is 0 Å². The van der Waals surface area contributed by atoms with Crippen LogP contribution in [-0.4, -0.2) is 41.0 Å². The van der Waals surface area contributed by atoms with Gasteiger partial charge in [-0.2, -0.15) is 14.0 Å². The molecule has 2 aliphatic heterocycles. The molecule has 3 atom stereocenters. The Morgan fingerprint density at radius 3 is 2.58 bits per heavy atom. The van der Waals surface area contributed by atoms with E-state index in [0.717, 1.165) is 42.6 Å². The van der Waals surface area contributed by atoms with Gasteiger partial charge in [0.25, 0.3) is 5.92 Å². The minimum Gasteiger partial charge on any atom is -0.347 e. The highest BCUT2D eigenvalue weighted by Crippen LogP contribution is 2.38. The lowest BCUT2D eigenvalue weighted by molar-refractivity contribution is -0.127. The first-order chi connectivity index (χ1) is 14.8. The fraction of sp³-hybridized carbons (Fsp3) is 0.348. The molecule has 0 saturated carbocycles. The van der Waals surface area contributed by atoms with Crippen LogP contribution in [0.3, 0.4) is 0 Å². The number of piperazine rings is 1. The molecule has 160 valence electrons. The summed E-state index contributed by atoms with van der Waals surface area (Å²) in [6, 6.07) is 9.57. The van der Waals surface area contributed by atoms with Crippen molar-refractivity contribution >= 4 is 11.7 Å². The van der Waals surface area contributed by atoms with Crippen molar-refractivity contribution in [2.45, 2.75) is 31.4 Å². The first-order valence-electron chi connectivity index (χ1n) is 10.0. The summed E-state index contributed by atoms with van der Waals surface area (Å²) in [5.41, 5.74) is 0.105. The number of anilines is 1. The van der Waals surface area contributed by atoms with Crippen molar-refractivity contribution in [2.24, 2.45) is 5.92 Å². The molecule has 8 heteroatoms. The summed E-state index contributed by atoms with van der Waals surface area (Å²) in [7, 11) is 0. The number of hydrogen-bond donors (Lipinski definition) is 0. The summed E-state index contributed by atoms with van der Waals surface area (Å²) in [6.07, 6.45) is 3.87. The van der Waals surface area contributed by atoms with E-state index in [1.54, 1.807) is 17.0 Å². The van der Waals surface area contributed by atoms with Gasteiger partial charge >= 0.3 is 0 Å². The number of amides is 1. The van der Waals surface area contributed by atoms with Gasteiger partial charge in [0.2, 0.25) is 5.91 Å². The number of pyridine rings is 1. The van der Waals surface area contributed by atoms with Crippen LogP contribution in [0.5, 0.6) is 0 Å². The number of rotatable bonds is 4. The zero-order valence-corrected chi connectivity index (χ0v) is 16.9. The highest BCUT2D eigenvalue weighted by Gasteiger charge is 2.45. The van der Waals surface area contributed by atoms with Crippen LogP contribution >= 0.6 is 0 Å². The summed E-state index contributed by atoms with van der Waals surface area (Å²) in [5.74, 6) is -3.38. The minimum absolute atomic E-state index is 0.0224. The third kappa shape index (κ3) is 4.13. The maximum atomic E-state index is 14.4. The number of carbonyl (C=O) groups excluding carboxylic acids is 1. The molecule has 0 spiro atoms. The van der Waals surface area contributed by atoms with Crippen LogP contribution < -0.4 is 4.90 Å². The number of nitrogens with zero attached hydrogens (tertiary/aromatic N) is 4. The Kier molecular flexibility index (Phi) is 5.44. The lowest BCUT2D eigenvalue weighted by Gasteiger charge is -2.42. The number of alkyl halides is 2. The minimum atomic E-state index is -3.37. The molecule has 2 bridgehead atoms. The van der Waals surface area contributed by atoms with E-state index in [1.807, 2.05) is 6.07 Å². The molecule has 1 amide bonds. The predicted octanol–water partition coefficient (Wildman–Crippen LogP) is 3.87. The number of aromatic nitrogens is 1. The lowest BCUT2D eigenvalue weighted by Crippen LogP contribution is -2.56. The number of nitriles is 1. The van der Waals surface area contributed by atoms with Gasteiger partial charge in [-0.25, -0.2) is 9.37 Å². The summed E-state index contributed by atoms with van der Waals surface area (Å²) in [6.45, 7) is 2.92. The maximum Gasteiger partial charge on any atom is 0.292 e. The molecule has 2 fully saturated rings. The maximum absolute atomic E-state index is 14.4. The second-order valence-corrected chi connectivity index (χ2v) is 8.06. The van der Waals surface area contributed by atoms with Crippen LogP contribution in [-0.2, 0) is 10.7 Å². The highest BCUT2D eigenvalue weighted by molar-refractivity contribution is 5.88. The Morgan fingerprint density at radius 2 is 1.97 bits per heavy atom. The van der Waals surface area contributed by atoms with Crippen molar-refractivity contribution in [3.05, 3.63) is 71.7 Å². The van der Waals surface area contributed by atoms with Gasteiger partial charge in [0.15, 0.2) is 0 Å². The van der Waals surface area contributed by atoms with E-state index in [-0.39, 0.29) is 17.6 Å². The molecule has 1 aromatic heterocycles. The van der Waals surface area contributed by atoms with Crippen molar-refractivity contribution in [1.82, 2.24) is 9.88 Å². The van der Waals surface area contributed by atoms with Gasteiger partial charge in [-0.1, -0.05) is 6.92 Å². The summed E-state index contributed by atoms with van der Waals surface area (Å²) in [5, 5.41) is 8.96. The average Bonchev–Trinajstić information content (AvgIpc) is 2.96. The number of halogens is 3. The van der Waals surface area contributed by atoms with E-state index in [4.69, 9.17) is 5.26 Å². The van der Waals surface area contributed by atoms with E-state index in [9.17, 15) is 18.0 Å². The molecule has 0 radical (unpaired) electrons. The predicted molar refractivity (Wildman–Crippen MR) is 109 cm³/mol. The summed E-state index contributed by atoms with van der Waals surface area (Å²) >= 11 is 0. The number of fused-ring (bicyclic) bond motifs is 2. The van der Waals surface area contributed by atoms with Gasteiger partial charge in [0, 0.05) is 37.0 Å². The van der Waals surface area contributed by atoms with E-state index in [0.29, 0.717) is 30.6 Å². The average molecular weight is 426 g/mol. The smallest absolute Gasteiger partial charge is 0.292 e. The number of carbonyl (C=O) groups is 1. The summed E-state index contributed by atoms with van der Waals surface area (Å²) < 4.78 is 41.7. The lowest BCUT2D eigenvalue weighted by atomic mass is 10.0. The molecular formula is C23H21F3N4O.